The SMILES string of the molecule is CN=C(NCC1CC1)NCC1(c2cccc(C(F)(F)F)c2)CCOCC1.I. The van der Waals surface area contributed by atoms with Crippen LogP contribution < -0.4 is 10.6 Å². The average Bonchev–Trinajstić information content (AvgIpc) is 3.46. The Labute approximate surface area is 175 Å². The number of benzene rings is 1. The van der Waals surface area contributed by atoms with Crippen molar-refractivity contribution in [2.75, 3.05) is 33.4 Å². The van der Waals surface area contributed by atoms with Crippen LogP contribution in [0.1, 0.15) is 36.8 Å². The first-order valence-electron chi connectivity index (χ1n) is 9.13. The highest BCUT2D eigenvalue weighted by molar-refractivity contribution is 14.0. The van der Waals surface area contributed by atoms with Crippen molar-refractivity contribution < 1.29 is 17.9 Å². The van der Waals surface area contributed by atoms with Gasteiger partial charge in [-0.3, -0.25) is 4.99 Å². The number of halogens is 4. The first-order valence-corrected chi connectivity index (χ1v) is 9.13. The zero-order valence-electron chi connectivity index (χ0n) is 15.4. The molecule has 2 fully saturated rings. The molecule has 1 saturated heterocycles. The Kier molecular flexibility index (Phi) is 7.79. The second kappa shape index (κ2) is 9.45. The zero-order chi connectivity index (χ0) is 18.6. The summed E-state index contributed by atoms with van der Waals surface area (Å²) >= 11 is 0. The Hall–Kier alpha value is -1.03. The zero-order valence-corrected chi connectivity index (χ0v) is 17.8. The van der Waals surface area contributed by atoms with E-state index in [2.05, 4.69) is 15.6 Å². The maximum absolute atomic E-state index is 13.1. The van der Waals surface area contributed by atoms with Crippen molar-refractivity contribution in [2.45, 2.75) is 37.3 Å². The fraction of sp³-hybridized carbons (Fsp3) is 0.632. The number of rotatable bonds is 5. The van der Waals surface area contributed by atoms with Gasteiger partial charge in [0.15, 0.2) is 5.96 Å². The summed E-state index contributed by atoms with van der Waals surface area (Å²) in [6.45, 7) is 2.51. The monoisotopic (exact) mass is 497 g/mol. The van der Waals surface area contributed by atoms with Gasteiger partial charge in [-0.2, -0.15) is 13.2 Å². The normalized spacial score (nSPS) is 19.9. The summed E-state index contributed by atoms with van der Waals surface area (Å²) in [7, 11) is 1.71. The lowest BCUT2D eigenvalue weighted by Crippen LogP contribution is -2.48. The molecule has 0 aromatic heterocycles. The van der Waals surface area contributed by atoms with Gasteiger partial charge in [-0.05, 0) is 43.2 Å². The molecule has 0 spiro atoms. The summed E-state index contributed by atoms with van der Waals surface area (Å²) in [5, 5.41) is 6.62. The summed E-state index contributed by atoms with van der Waals surface area (Å²) in [6, 6.07) is 5.70. The molecule has 0 unspecified atom stereocenters. The molecule has 4 nitrogen and oxygen atoms in total. The molecule has 1 aliphatic heterocycles. The van der Waals surface area contributed by atoms with Gasteiger partial charge < -0.3 is 15.4 Å². The molecule has 8 heteroatoms. The number of aliphatic imine (C=N–C) groups is 1. The molecule has 1 aromatic carbocycles. The highest BCUT2D eigenvalue weighted by atomic mass is 127. The predicted molar refractivity (Wildman–Crippen MR) is 111 cm³/mol. The summed E-state index contributed by atoms with van der Waals surface area (Å²) in [4.78, 5) is 4.24. The average molecular weight is 497 g/mol. The van der Waals surface area contributed by atoms with Gasteiger partial charge in [-0.25, -0.2) is 0 Å². The van der Waals surface area contributed by atoms with E-state index in [-0.39, 0.29) is 24.0 Å². The second-order valence-electron chi connectivity index (χ2n) is 7.22. The van der Waals surface area contributed by atoms with Gasteiger partial charge in [0.05, 0.1) is 5.56 Å². The molecule has 0 atom stereocenters. The van der Waals surface area contributed by atoms with Gasteiger partial charge >= 0.3 is 6.18 Å². The van der Waals surface area contributed by atoms with Crippen LogP contribution in [0.2, 0.25) is 0 Å². The number of nitrogens with zero attached hydrogens (tertiary/aromatic N) is 1. The molecule has 1 aromatic rings. The molecule has 2 N–H and O–H groups in total. The fourth-order valence-corrected chi connectivity index (χ4v) is 3.39. The lowest BCUT2D eigenvalue weighted by atomic mass is 9.73. The van der Waals surface area contributed by atoms with Crippen molar-refractivity contribution in [1.82, 2.24) is 10.6 Å². The fourth-order valence-electron chi connectivity index (χ4n) is 3.39. The standard InChI is InChI=1S/C19H26F3N3O.HI/c1-23-17(24-12-14-5-6-14)25-13-18(7-9-26-10-8-18)15-3-2-4-16(11-15)19(20,21)22;/h2-4,11,14H,5-10,12-13H2,1H3,(H2,23,24,25);1H. The first-order chi connectivity index (χ1) is 12.4. The van der Waals surface area contributed by atoms with Crippen LogP contribution in [-0.4, -0.2) is 39.3 Å². The number of nitrogens with one attached hydrogen (secondary N) is 2. The predicted octanol–water partition coefficient (Wildman–Crippen LogP) is 3.95. The van der Waals surface area contributed by atoms with Crippen molar-refractivity contribution in [2.24, 2.45) is 10.9 Å². The highest BCUT2D eigenvalue weighted by Gasteiger charge is 2.37. The van der Waals surface area contributed by atoms with Crippen molar-refractivity contribution in [3.8, 4) is 0 Å². The van der Waals surface area contributed by atoms with Crippen LogP contribution in [0.15, 0.2) is 29.3 Å². The third-order valence-electron chi connectivity index (χ3n) is 5.33. The number of hydrogen-bond donors (Lipinski definition) is 2. The van der Waals surface area contributed by atoms with Gasteiger partial charge in [0.25, 0.3) is 0 Å². The minimum Gasteiger partial charge on any atom is -0.381 e. The lowest BCUT2D eigenvalue weighted by molar-refractivity contribution is -0.137. The second-order valence-corrected chi connectivity index (χ2v) is 7.22. The lowest BCUT2D eigenvalue weighted by Gasteiger charge is -2.38. The smallest absolute Gasteiger partial charge is 0.381 e. The molecule has 1 saturated carbocycles. The van der Waals surface area contributed by atoms with Gasteiger partial charge in [0, 0.05) is 38.8 Å². The minimum atomic E-state index is -4.34. The third kappa shape index (κ3) is 5.97. The van der Waals surface area contributed by atoms with Gasteiger partial charge in [0.1, 0.15) is 0 Å². The number of alkyl halides is 3. The maximum Gasteiger partial charge on any atom is 0.416 e. The van der Waals surface area contributed by atoms with Crippen LogP contribution in [0.25, 0.3) is 0 Å². The van der Waals surface area contributed by atoms with Crippen LogP contribution in [0.4, 0.5) is 13.2 Å². The van der Waals surface area contributed by atoms with Gasteiger partial charge in [0.2, 0.25) is 0 Å². The van der Waals surface area contributed by atoms with Crippen molar-refractivity contribution >= 4 is 29.9 Å². The molecule has 0 amide bonds. The molecule has 27 heavy (non-hydrogen) atoms. The number of hydrogen-bond acceptors (Lipinski definition) is 2. The van der Waals surface area contributed by atoms with E-state index in [4.69, 9.17) is 4.74 Å². The van der Waals surface area contributed by atoms with Crippen LogP contribution >= 0.6 is 24.0 Å². The van der Waals surface area contributed by atoms with E-state index < -0.39 is 17.2 Å². The van der Waals surface area contributed by atoms with E-state index in [0.29, 0.717) is 50.0 Å². The van der Waals surface area contributed by atoms with Crippen molar-refractivity contribution in [3.05, 3.63) is 35.4 Å². The van der Waals surface area contributed by atoms with E-state index in [0.717, 1.165) is 12.6 Å². The first kappa shape index (κ1) is 22.3. The Morgan fingerprint density at radius 3 is 2.52 bits per heavy atom. The maximum atomic E-state index is 13.1. The molecule has 0 radical (unpaired) electrons. The third-order valence-corrected chi connectivity index (χ3v) is 5.33. The van der Waals surface area contributed by atoms with Crippen molar-refractivity contribution in [1.29, 1.82) is 0 Å². The van der Waals surface area contributed by atoms with E-state index >= 15 is 0 Å². The quantitative estimate of drug-likeness (QED) is 0.368. The summed E-state index contributed by atoms with van der Waals surface area (Å²) in [6.07, 6.45) is -0.482. The number of guanidine groups is 1. The van der Waals surface area contributed by atoms with E-state index in [1.165, 1.54) is 25.0 Å². The summed E-state index contributed by atoms with van der Waals surface area (Å²) in [5.41, 5.74) is -0.283. The summed E-state index contributed by atoms with van der Waals surface area (Å²) in [5.74, 6) is 1.42. The molecule has 1 aliphatic carbocycles. The number of ether oxygens (including phenoxy) is 1. The van der Waals surface area contributed by atoms with E-state index in [1.54, 1.807) is 13.1 Å². The highest BCUT2D eigenvalue weighted by Crippen LogP contribution is 2.37. The molecular formula is C19H27F3IN3O. The van der Waals surface area contributed by atoms with E-state index in [9.17, 15) is 13.2 Å². The van der Waals surface area contributed by atoms with Crippen molar-refractivity contribution in [3.63, 3.8) is 0 Å². The van der Waals surface area contributed by atoms with Crippen LogP contribution in [0, 0.1) is 5.92 Å². The Balaban J connectivity index is 0.00000261. The van der Waals surface area contributed by atoms with Crippen LogP contribution in [0.3, 0.4) is 0 Å². The largest absolute Gasteiger partial charge is 0.416 e. The Morgan fingerprint density at radius 2 is 1.93 bits per heavy atom. The molecule has 1 heterocycles. The molecule has 0 bridgehead atoms. The Morgan fingerprint density at radius 1 is 1.22 bits per heavy atom. The van der Waals surface area contributed by atoms with Gasteiger partial charge in [-0.1, -0.05) is 18.2 Å². The minimum absolute atomic E-state index is 0. The summed E-state index contributed by atoms with van der Waals surface area (Å²) < 4.78 is 44.9. The van der Waals surface area contributed by atoms with Gasteiger partial charge in [-0.15, -0.1) is 24.0 Å². The molecule has 3 rings (SSSR count). The molecule has 2 aliphatic rings. The molecule has 152 valence electrons. The Bertz CT molecular complexity index is 641. The molecular weight excluding hydrogens is 470 g/mol. The van der Waals surface area contributed by atoms with Crippen LogP contribution in [0.5, 0.6) is 0 Å². The van der Waals surface area contributed by atoms with E-state index in [1.807, 2.05) is 0 Å². The topological polar surface area (TPSA) is 45.7 Å². The van der Waals surface area contributed by atoms with Crippen LogP contribution in [-0.2, 0) is 16.3 Å².